The van der Waals surface area contributed by atoms with Crippen LogP contribution in [-0.4, -0.2) is 31.1 Å². The molecule has 1 N–H and O–H groups in total. The summed E-state index contributed by atoms with van der Waals surface area (Å²) in [6, 6.07) is 8.89. The summed E-state index contributed by atoms with van der Waals surface area (Å²) in [5.41, 5.74) is 1.32. The highest BCUT2D eigenvalue weighted by Crippen LogP contribution is 2.17. The Morgan fingerprint density at radius 1 is 1.22 bits per heavy atom. The van der Waals surface area contributed by atoms with E-state index in [9.17, 15) is 0 Å². The van der Waals surface area contributed by atoms with E-state index in [-0.39, 0.29) is 0 Å². The maximum atomic E-state index is 5.88. The van der Waals surface area contributed by atoms with E-state index < -0.39 is 0 Å². The lowest BCUT2D eigenvalue weighted by molar-refractivity contribution is 0.316. The zero-order chi connectivity index (χ0) is 12.8. The largest absolute Gasteiger partial charge is 0.313 e. The molecule has 0 heterocycles. The van der Waals surface area contributed by atoms with Gasteiger partial charge >= 0.3 is 0 Å². The standard InChI is InChI=1S/C15H23ClN2/c1-18(11-10-17-15-4-2-3-5-15)12-13-6-8-14(16)9-7-13/h6-9,15,17H,2-5,10-12H2,1H3. The summed E-state index contributed by atoms with van der Waals surface area (Å²) in [7, 11) is 2.17. The van der Waals surface area contributed by atoms with Gasteiger partial charge in [0.05, 0.1) is 0 Å². The maximum Gasteiger partial charge on any atom is 0.0406 e. The lowest BCUT2D eigenvalue weighted by Crippen LogP contribution is -2.34. The maximum absolute atomic E-state index is 5.88. The topological polar surface area (TPSA) is 15.3 Å². The van der Waals surface area contributed by atoms with Crippen molar-refractivity contribution in [1.29, 1.82) is 0 Å². The van der Waals surface area contributed by atoms with Crippen molar-refractivity contribution in [3.05, 3.63) is 34.9 Å². The molecule has 18 heavy (non-hydrogen) atoms. The molecule has 100 valence electrons. The molecule has 0 aromatic heterocycles. The van der Waals surface area contributed by atoms with Crippen LogP contribution in [0.3, 0.4) is 0 Å². The van der Waals surface area contributed by atoms with Crippen LogP contribution in [0.2, 0.25) is 5.02 Å². The molecule has 1 aliphatic rings. The van der Waals surface area contributed by atoms with Gasteiger partial charge < -0.3 is 10.2 Å². The van der Waals surface area contributed by atoms with Crippen molar-refractivity contribution < 1.29 is 0 Å². The fourth-order valence-electron chi connectivity index (χ4n) is 2.57. The quantitative estimate of drug-likeness (QED) is 0.850. The minimum absolute atomic E-state index is 0.772. The Kier molecular flexibility index (Phi) is 5.48. The number of hydrogen-bond donors (Lipinski definition) is 1. The van der Waals surface area contributed by atoms with Crippen LogP contribution in [0.1, 0.15) is 31.2 Å². The van der Waals surface area contributed by atoms with Gasteiger partial charge in [-0.1, -0.05) is 36.6 Å². The van der Waals surface area contributed by atoms with Gasteiger partial charge in [-0.2, -0.15) is 0 Å². The fraction of sp³-hybridized carbons (Fsp3) is 0.600. The number of halogens is 1. The second kappa shape index (κ2) is 7.13. The molecule has 1 aromatic carbocycles. The summed E-state index contributed by atoms with van der Waals surface area (Å²) >= 11 is 5.88. The molecule has 1 aliphatic carbocycles. The van der Waals surface area contributed by atoms with E-state index in [0.717, 1.165) is 30.7 Å². The second-order valence-corrected chi connectivity index (χ2v) is 5.74. The van der Waals surface area contributed by atoms with E-state index >= 15 is 0 Å². The Balaban J connectivity index is 1.65. The first-order valence-electron chi connectivity index (χ1n) is 6.90. The molecule has 1 saturated carbocycles. The minimum Gasteiger partial charge on any atom is -0.313 e. The van der Waals surface area contributed by atoms with E-state index in [2.05, 4.69) is 29.4 Å². The number of rotatable bonds is 6. The summed E-state index contributed by atoms with van der Waals surface area (Å²) in [5, 5.41) is 4.45. The zero-order valence-corrected chi connectivity index (χ0v) is 11.9. The zero-order valence-electron chi connectivity index (χ0n) is 11.2. The summed E-state index contributed by atoms with van der Waals surface area (Å²) in [4.78, 5) is 2.35. The molecule has 1 aromatic rings. The van der Waals surface area contributed by atoms with Crippen molar-refractivity contribution in [3.8, 4) is 0 Å². The molecule has 3 heteroatoms. The summed E-state index contributed by atoms with van der Waals surface area (Å²) in [5.74, 6) is 0. The first-order valence-corrected chi connectivity index (χ1v) is 7.28. The van der Waals surface area contributed by atoms with Gasteiger partial charge in [-0.25, -0.2) is 0 Å². The van der Waals surface area contributed by atoms with Crippen molar-refractivity contribution in [3.63, 3.8) is 0 Å². The second-order valence-electron chi connectivity index (χ2n) is 5.30. The van der Waals surface area contributed by atoms with Crippen molar-refractivity contribution in [2.75, 3.05) is 20.1 Å². The number of nitrogens with one attached hydrogen (secondary N) is 1. The summed E-state index contributed by atoms with van der Waals surface area (Å²) in [6.07, 6.45) is 5.53. The Labute approximate surface area is 115 Å². The predicted octanol–water partition coefficient (Wildman–Crippen LogP) is 3.30. The van der Waals surface area contributed by atoms with Gasteiger partial charge in [-0.3, -0.25) is 0 Å². The van der Waals surface area contributed by atoms with Crippen LogP contribution in [0.15, 0.2) is 24.3 Å². The monoisotopic (exact) mass is 266 g/mol. The first kappa shape index (κ1) is 13.9. The van der Waals surface area contributed by atoms with Crippen LogP contribution in [0.5, 0.6) is 0 Å². The van der Waals surface area contributed by atoms with Crippen LogP contribution in [0, 0.1) is 0 Å². The van der Waals surface area contributed by atoms with Crippen LogP contribution < -0.4 is 5.32 Å². The van der Waals surface area contributed by atoms with E-state index in [1.165, 1.54) is 31.2 Å². The van der Waals surface area contributed by atoms with Crippen LogP contribution in [0.4, 0.5) is 0 Å². The average Bonchev–Trinajstić information content (AvgIpc) is 2.85. The highest BCUT2D eigenvalue weighted by Gasteiger charge is 2.13. The molecular weight excluding hydrogens is 244 g/mol. The van der Waals surface area contributed by atoms with E-state index in [4.69, 9.17) is 11.6 Å². The van der Waals surface area contributed by atoms with Gasteiger partial charge in [0.15, 0.2) is 0 Å². The molecule has 0 amide bonds. The highest BCUT2D eigenvalue weighted by molar-refractivity contribution is 6.30. The van der Waals surface area contributed by atoms with Crippen molar-refractivity contribution in [1.82, 2.24) is 10.2 Å². The third-order valence-electron chi connectivity index (χ3n) is 3.65. The molecule has 0 unspecified atom stereocenters. The molecule has 0 aliphatic heterocycles. The van der Waals surface area contributed by atoms with Crippen molar-refractivity contribution >= 4 is 11.6 Å². The van der Waals surface area contributed by atoms with Gasteiger partial charge in [0, 0.05) is 30.7 Å². The first-order chi connectivity index (χ1) is 8.74. The van der Waals surface area contributed by atoms with E-state index in [0.29, 0.717) is 0 Å². The van der Waals surface area contributed by atoms with Gasteiger partial charge in [0.2, 0.25) is 0 Å². The van der Waals surface area contributed by atoms with E-state index in [1.54, 1.807) is 0 Å². The lowest BCUT2D eigenvalue weighted by atomic mass is 10.2. The highest BCUT2D eigenvalue weighted by atomic mass is 35.5. The number of nitrogens with zero attached hydrogens (tertiary/aromatic N) is 1. The molecule has 2 rings (SSSR count). The van der Waals surface area contributed by atoms with Crippen molar-refractivity contribution in [2.45, 2.75) is 38.3 Å². The molecule has 0 spiro atoms. The molecule has 2 nitrogen and oxygen atoms in total. The molecule has 0 radical (unpaired) electrons. The predicted molar refractivity (Wildman–Crippen MR) is 78.0 cm³/mol. The van der Waals surface area contributed by atoms with Gasteiger partial charge in [-0.15, -0.1) is 0 Å². The van der Waals surface area contributed by atoms with Crippen LogP contribution in [0.25, 0.3) is 0 Å². The van der Waals surface area contributed by atoms with Crippen LogP contribution >= 0.6 is 11.6 Å². The minimum atomic E-state index is 0.772. The van der Waals surface area contributed by atoms with Crippen LogP contribution in [-0.2, 0) is 6.54 Å². The summed E-state index contributed by atoms with van der Waals surface area (Å²) in [6.45, 7) is 3.18. The smallest absolute Gasteiger partial charge is 0.0406 e. The fourth-order valence-corrected chi connectivity index (χ4v) is 2.70. The van der Waals surface area contributed by atoms with E-state index in [1.807, 2.05) is 12.1 Å². The average molecular weight is 267 g/mol. The molecular formula is C15H23ClN2. The normalized spacial score (nSPS) is 16.6. The third-order valence-corrected chi connectivity index (χ3v) is 3.90. The molecule has 0 saturated heterocycles. The van der Waals surface area contributed by atoms with Gasteiger partial charge in [0.25, 0.3) is 0 Å². The van der Waals surface area contributed by atoms with Gasteiger partial charge in [0.1, 0.15) is 0 Å². The number of hydrogen-bond acceptors (Lipinski definition) is 2. The number of likely N-dealkylation sites (N-methyl/N-ethyl adjacent to an activating group) is 1. The van der Waals surface area contributed by atoms with Gasteiger partial charge in [-0.05, 0) is 37.6 Å². The summed E-state index contributed by atoms with van der Waals surface area (Å²) < 4.78 is 0. The Hall–Kier alpha value is -0.570. The molecule has 0 bridgehead atoms. The Morgan fingerprint density at radius 3 is 2.56 bits per heavy atom. The Bertz CT molecular complexity index is 344. The molecule has 1 fully saturated rings. The number of benzene rings is 1. The molecule has 0 atom stereocenters. The Morgan fingerprint density at radius 2 is 1.89 bits per heavy atom. The van der Waals surface area contributed by atoms with Crippen molar-refractivity contribution in [2.24, 2.45) is 0 Å². The third kappa shape index (κ3) is 4.60. The lowest BCUT2D eigenvalue weighted by Gasteiger charge is -2.19. The SMILES string of the molecule is CN(CCNC1CCCC1)Cc1ccc(Cl)cc1.